The number of fused-ring (bicyclic) bond motifs is 1. The Labute approximate surface area is 224 Å². The van der Waals surface area contributed by atoms with Crippen LogP contribution in [0.5, 0.6) is 5.75 Å². The highest BCUT2D eigenvalue weighted by molar-refractivity contribution is 6.32. The van der Waals surface area contributed by atoms with Crippen LogP contribution in [0.15, 0.2) is 72.8 Å². The van der Waals surface area contributed by atoms with Gasteiger partial charge in [-0.2, -0.15) is 0 Å². The molecule has 1 aromatic heterocycles. The zero-order valence-electron chi connectivity index (χ0n) is 21.4. The highest BCUT2D eigenvalue weighted by Gasteiger charge is 2.34. The number of ether oxygens (including phenoxy) is 1. The number of carbonyl (C=O) groups excluding carboxylic acids is 1. The van der Waals surface area contributed by atoms with Crippen molar-refractivity contribution in [2.75, 3.05) is 18.1 Å². The summed E-state index contributed by atoms with van der Waals surface area (Å²) in [5, 5.41) is 0.636. The summed E-state index contributed by atoms with van der Waals surface area (Å²) in [6.07, 6.45) is 5.78. The summed E-state index contributed by atoms with van der Waals surface area (Å²) in [6, 6.07) is 24.3. The van der Waals surface area contributed by atoms with Gasteiger partial charge >= 0.3 is 0 Å². The van der Waals surface area contributed by atoms with Crippen molar-refractivity contribution in [2.24, 2.45) is 0 Å². The number of hydrogen-bond donors (Lipinski definition) is 0. The van der Waals surface area contributed by atoms with Gasteiger partial charge in [-0.3, -0.25) is 4.79 Å². The Kier molecular flexibility index (Phi) is 8.10. The van der Waals surface area contributed by atoms with E-state index in [0.717, 1.165) is 54.1 Å². The molecule has 6 heteroatoms. The van der Waals surface area contributed by atoms with Gasteiger partial charge in [0.25, 0.3) is 0 Å². The van der Waals surface area contributed by atoms with Gasteiger partial charge in [0.15, 0.2) is 0 Å². The largest absolute Gasteiger partial charge is 0.492 e. The van der Waals surface area contributed by atoms with E-state index in [0.29, 0.717) is 24.6 Å². The molecule has 1 aliphatic rings. The zero-order valence-corrected chi connectivity index (χ0v) is 22.2. The third kappa shape index (κ3) is 5.83. The predicted molar refractivity (Wildman–Crippen MR) is 151 cm³/mol. The molecule has 2 heterocycles. The minimum absolute atomic E-state index is 0.0686. The molecule has 0 bridgehead atoms. The number of hydrogen-bond acceptors (Lipinski definition) is 3. The van der Waals surface area contributed by atoms with E-state index in [9.17, 15) is 4.79 Å². The van der Waals surface area contributed by atoms with Gasteiger partial charge in [-0.15, -0.1) is 0 Å². The predicted octanol–water partition coefficient (Wildman–Crippen LogP) is 7.41. The third-order valence-corrected chi connectivity index (χ3v) is 7.42. The van der Waals surface area contributed by atoms with E-state index >= 15 is 0 Å². The van der Waals surface area contributed by atoms with Crippen LogP contribution >= 0.6 is 11.6 Å². The molecular formula is C31H34ClN3O2. The number of para-hydroxylation sites is 3. The van der Waals surface area contributed by atoms with Crippen LogP contribution < -0.4 is 9.64 Å². The number of benzene rings is 3. The van der Waals surface area contributed by atoms with Crippen LogP contribution in [0.4, 0.5) is 5.69 Å². The van der Waals surface area contributed by atoms with Crippen LogP contribution in [-0.2, 0) is 17.8 Å². The van der Waals surface area contributed by atoms with Gasteiger partial charge in [0, 0.05) is 31.1 Å². The van der Waals surface area contributed by atoms with Crippen LogP contribution in [0.1, 0.15) is 56.3 Å². The quantitative estimate of drug-likeness (QED) is 0.195. The molecule has 3 aromatic carbocycles. The molecule has 1 saturated heterocycles. The summed E-state index contributed by atoms with van der Waals surface area (Å²) in [5.74, 6) is 1.96. The maximum atomic E-state index is 13.1. The van der Waals surface area contributed by atoms with E-state index in [2.05, 4.69) is 54.0 Å². The van der Waals surface area contributed by atoms with Crippen molar-refractivity contribution in [3.05, 3.63) is 89.2 Å². The summed E-state index contributed by atoms with van der Waals surface area (Å²) in [4.78, 5) is 20.0. The second kappa shape index (κ2) is 11.8. The average Bonchev–Trinajstić information content (AvgIpc) is 3.49. The fraction of sp³-hybridized carbons (Fsp3) is 0.355. The van der Waals surface area contributed by atoms with Crippen LogP contribution in [0.25, 0.3) is 11.0 Å². The molecular weight excluding hydrogens is 482 g/mol. The molecule has 4 aromatic rings. The second-order valence-corrected chi connectivity index (χ2v) is 10.2. The van der Waals surface area contributed by atoms with Gasteiger partial charge in [-0.1, -0.05) is 61.3 Å². The number of amides is 1. The molecule has 1 aliphatic heterocycles. The fourth-order valence-electron chi connectivity index (χ4n) is 5.11. The van der Waals surface area contributed by atoms with E-state index in [1.807, 2.05) is 35.2 Å². The summed E-state index contributed by atoms with van der Waals surface area (Å²) in [5.41, 5.74) is 4.41. The Morgan fingerprint density at radius 2 is 1.76 bits per heavy atom. The van der Waals surface area contributed by atoms with Crippen LogP contribution in [-0.4, -0.2) is 28.6 Å². The first kappa shape index (κ1) is 25.3. The molecule has 0 saturated carbocycles. The Bertz CT molecular complexity index is 1350. The number of halogens is 1. The summed E-state index contributed by atoms with van der Waals surface area (Å²) < 4.78 is 8.18. The van der Waals surface area contributed by atoms with Crippen molar-refractivity contribution in [3.8, 4) is 5.75 Å². The molecule has 0 spiro atoms. The monoisotopic (exact) mass is 515 g/mol. The fourth-order valence-corrected chi connectivity index (χ4v) is 5.30. The van der Waals surface area contributed by atoms with Crippen molar-refractivity contribution in [3.63, 3.8) is 0 Å². The van der Waals surface area contributed by atoms with Gasteiger partial charge in [0.1, 0.15) is 11.6 Å². The molecule has 0 N–H and O–H groups in total. The summed E-state index contributed by atoms with van der Waals surface area (Å²) in [6.45, 7) is 4.31. The topological polar surface area (TPSA) is 47.4 Å². The number of carbonyl (C=O) groups is 1. The van der Waals surface area contributed by atoms with Crippen molar-refractivity contribution in [1.29, 1.82) is 0 Å². The Morgan fingerprint density at radius 3 is 2.57 bits per heavy atom. The molecule has 0 aliphatic carbocycles. The molecule has 1 atom stereocenters. The molecule has 5 nitrogen and oxygen atoms in total. The van der Waals surface area contributed by atoms with E-state index in [4.69, 9.17) is 21.3 Å². The van der Waals surface area contributed by atoms with Crippen LogP contribution in [0.3, 0.4) is 0 Å². The first-order valence-electron chi connectivity index (χ1n) is 13.4. The average molecular weight is 516 g/mol. The lowest BCUT2D eigenvalue weighted by Gasteiger charge is -2.18. The maximum Gasteiger partial charge on any atom is 0.227 e. The Morgan fingerprint density at radius 1 is 0.973 bits per heavy atom. The van der Waals surface area contributed by atoms with Crippen molar-refractivity contribution >= 4 is 34.2 Å². The number of anilines is 1. The number of aryl methyl sites for hydroxylation is 2. The van der Waals surface area contributed by atoms with Gasteiger partial charge in [0.05, 0.1) is 22.7 Å². The molecule has 1 unspecified atom stereocenters. The first-order chi connectivity index (χ1) is 18.1. The Hall–Kier alpha value is -3.31. The van der Waals surface area contributed by atoms with E-state index in [-0.39, 0.29) is 11.8 Å². The van der Waals surface area contributed by atoms with Gasteiger partial charge in [-0.05, 0) is 67.6 Å². The lowest BCUT2D eigenvalue weighted by molar-refractivity contribution is -0.117. The SMILES string of the molecule is CCCCc1ccc(N2CC(c3nc4ccccc4n3CCCCOc3ccccc3Cl)CC2=O)cc1. The molecule has 37 heavy (non-hydrogen) atoms. The molecule has 0 radical (unpaired) electrons. The molecule has 1 fully saturated rings. The highest BCUT2D eigenvalue weighted by atomic mass is 35.5. The van der Waals surface area contributed by atoms with Crippen molar-refractivity contribution in [1.82, 2.24) is 9.55 Å². The molecule has 1 amide bonds. The number of imidazole rings is 1. The van der Waals surface area contributed by atoms with Crippen LogP contribution in [0.2, 0.25) is 5.02 Å². The van der Waals surface area contributed by atoms with Crippen molar-refractivity contribution in [2.45, 2.75) is 57.9 Å². The van der Waals surface area contributed by atoms with Gasteiger partial charge in [0.2, 0.25) is 5.91 Å². The maximum absolute atomic E-state index is 13.1. The molecule has 5 rings (SSSR count). The van der Waals surface area contributed by atoms with Gasteiger partial charge in [-0.25, -0.2) is 4.98 Å². The number of rotatable bonds is 11. The summed E-state index contributed by atoms with van der Waals surface area (Å²) >= 11 is 6.20. The van der Waals surface area contributed by atoms with E-state index in [1.54, 1.807) is 0 Å². The van der Waals surface area contributed by atoms with Gasteiger partial charge < -0.3 is 14.2 Å². The van der Waals surface area contributed by atoms with Crippen LogP contribution in [0, 0.1) is 0 Å². The number of aromatic nitrogens is 2. The number of nitrogens with zero attached hydrogens (tertiary/aromatic N) is 3. The lowest BCUT2D eigenvalue weighted by atomic mass is 10.1. The summed E-state index contributed by atoms with van der Waals surface area (Å²) in [7, 11) is 0. The Balaban J connectivity index is 1.27. The standard InChI is InChI=1S/C31H34ClN3O2/c1-2-3-10-23-15-17-25(18-16-23)35-22-24(21-30(35)36)31-33-27-12-5-6-13-28(27)34(31)19-8-9-20-37-29-14-7-4-11-26(29)32/h4-7,11-18,24H,2-3,8-10,19-22H2,1H3. The second-order valence-electron chi connectivity index (χ2n) is 9.77. The number of unbranched alkanes of at least 4 members (excludes halogenated alkanes) is 2. The minimum atomic E-state index is 0.0686. The van der Waals surface area contributed by atoms with E-state index < -0.39 is 0 Å². The molecule has 192 valence electrons. The lowest BCUT2D eigenvalue weighted by Crippen LogP contribution is -2.24. The smallest absolute Gasteiger partial charge is 0.227 e. The first-order valence-corrected chi connectivity index (χ1v) is 13.7. The minimum Gasteiger partial charge on any atom is -0.492 e. The third-order valence-electron chi connectivity index (χ3n) is 7.11. The highest BCUT2D eigenvalue weighted by Crippen LogP contribution is 2.33. The zero-order chi connectivity index (χ0) is 25.6. The van der Waals surface area contributed by atoms with Crippen molar-refractivity contribution < 1.29 is 9.53 Å². The normalized spacial score (nSPS) is 15.6. The van der Waals surface area contributed by atoms with E-state index in [1.165, 1.54) is 18.4 Å².